The Bertz CT molecular complexity index is 525. The Labute approximate surface area is 218 Å². The van der Waals surface area contributed by atoms with E-state index in [-0.39, 0.29) is 5.75 Å². The molecule has 6 nitrogen and oxygen atoms in total. The number of hydrogen-bond acceptors (Lipinski definition) is 5. The highest BCUT2D eigenvalue weighted by atomic mass is 32.2. The summed E-state index contributed by atoms with van der Waals surface area (Å²) < 4.78 is 45.9. The molecule has 0 bridgehead atoms. The van der Waals surface area contributed by atoms with Gasteiger partial charge >= 0.3 is 0 Å². The summed E-state index contributed by atoms with van der Waals surface area (Å²) in [6.07, 6.45) is 18.8. The lowest BCUT2D eigenvalue weighted by atomic mass is 10.1. The lowest BCUT2D eigenvalue weighted by molar-refractivity contribution is -0.929. The number of quaternary nitrogens is 1. The van der Waals surface area contributed by atoms with Gasteiger partial charge in [-0.05, 0) is 44.9 Å². The minimum absolute atomic E-state index is 0.243. The first kappa shape index (κ1) is 34.8. The van der Waals surface area contributed by atoms with E-state index < -0.39 is 10.1 Å². The third kappa shape index (κ3) is 23.9. The van der Waals surface area contributed by atoms with Gasteiger partial charge in [0.1, 0.15) is 6.54 Å². The van der Waals surface area contributed by atoms with E-state index in [1.807, 2.05) is 0 Å². The van der Waals surface area contributed by atoms with Crippen molar-refractivity contribution < 1.29 is 26.9 Å². The first-order valence-electron chi connectivity index (χ1n) is 14.8. The van der Waals surface area contributed by atoms with Crippen LogP contribution in [-0.4, -0.2) is 75.8 Å². The summed E-state index contributed by atoms with van der Waals surface area (Å²) in [5.41, 5.74) is 0. The van der Waals surface area contributed by atoms with Gasteiger partial charge in [0, 0.05) is 12.4 Å². The van der Waals surface area contributed by atoms with Crippen molar-refractivity contribution in [3.05, 3.63) is 0 Å². The molecule has 0 radical (unpaired) electrons. The lowest BCUT2D eigenvalue weighted by Crippen LogP contribution is -2.52. The van der Waals surface area contributed by atoms with E-state index in [1.54, 1.807) is 0 Å². The zero-order valence-corrected chi connectivity index (χ0v) is 24.4. The van der Waals surface area contributed by atoms with Crippen molar-refractivity contribution in [3.63, 3.8) is 0 Å². The summed E-state index contributed by atoms with van der Waals surface area (Å²) in [5.74, 6) is -0.243. The van der Waals surface area contributed by atoms with Crippen molar-refractivity contribution in [2.75, 3.05) is 58.4 Å². The number of unbranched alkanes of at least 4 members (excludes halogenated alkanes) is 12. The Morgan fingerprint density at radius 1 is 0.514 bits per heavy atom. The van der Waals surface area contributed by atoms with E-state index in [2.05, 4.69) is 20.8 Å². The van der Waals surface area contributed by atoms with E-state index in [4.69, 9.17) is 9.47 Å². The normalized spacial score (nSPS) is 12.5. The van der Waals surface area contributed by atoms with Crippen molar-refractivity contribution in [2.45, 2.75) is 124 Å². The Balaban J connectivity index is 4.86. The fourth-order valence-electron chi connectivity index (χ4n) is 4.68. The first-order chi connectivity index (χ1) is 16.9. The van der Waals surface area contributed by atoms with Crippen LogP contribution >= 0.6 is 0 Å². The van der Waals surface area contributed by atoms with Gasteiger partial charge in [-0.2, -0.15) is 0 Å². The molecule has 0 fully saturated rings. The first-order valence-corrected chi connectivity index (χ1v) is 16.4. The molecule has 0 unspecified atom stereocenters. The van der Waals surface area contributed by atoms with Gasteiger partial charge in [-0.25, -0.2) is 8.42 Å². The summed E-state index contributed by atoms with van der Waals surface area (Å²) in [6, 6.07) is 0. The summed E-state index contributed by atoms with van der Waals surface area (Å²) in [5, 5.41) is 0. The molecule has 0 aromatic heterocycles. The second-order valence-corrected chi connectivity index (χ2v) is 11.8. The fraction of sp³-hybridized carbons (Fsp3) is 1.00. The molecule has 0 N–H and O–H groups in total. The predicted molar refractivity (Wildman–Crippen MR) is 147 cm³/mol. The predicted octanol–water partition coefficient (Wildman–Crippen LogP) is 6.68. The van der Waals surface area contributed by atoms with Crippen molar-refractivity contribution in [3.8, 4) is 0 Å². The van der Waals surface area contributed by atoms with E-state index >= 15 is 0 Å². The second-order valence-electron chi connectivity index (χ2n) is 10.3. The maximum Gasteiger partial charge on any atom is 0.102 e. The molecule has 7 heteroatoms. The third-order valence-corrected chi connectivity index (χ3v) is 7.76. The molecular formula is C28H59NO5S. The van der Waals surface area contributed by atoms with Crippen LogP contribution in [0.15, 0.2) is 0 Å². The van der Waals surface area contributed by atoms with Crippen LogP contribution in [0.4, 0.5) is 0 Å². The Hall–Kier alpha value is -0.210. The van der Waals surface area contributed by atoms with E-state index in [0.717, 1.165) is 56.5 Å². The number of nitrogens with zero attached hydrogens (tertiary/aromatic N) is 1. The minimum atomic E-state index is -4.13. The fourth-order valence-corrected chi connectivity index (χ4v) is 5.24. The van der Waals surface area contributed by atoms with Gasteiger partial charge in [0.15, 0.2) is 0 Å². The van der Waals surface area contributed by atoms with Gasteiger partial charge in [0.05, 0.1) is 49.6 Å². The summed E-state index contributed by atoms with van der Waals surface area (Å²) in [4.78, 5) is 0. The number of hydrogen-bond donors (Lipinski definition) is 0. The average molecular weight is 522 g/mol. The Morgan fingerprint density at radius 3 is 1.43 bits per heavy atom. The molecule has 0 aliphatic rings. The molecule has 0 aliphatic carbocycles. The molecular weight excluding hydrogens is 462 g/mol. The largest absolute Gasteiger partial charge is 0.748 e. The molecule has 35 heavy (non-hydrogen) atoms. The van der Waals surface area contributed by atoms with Gasteiger partial charge < -0.3 is 18.5 Å². The molecule has 0 saturated heterocycles. The summed E-state index contributed by atoms with van der Waals surface area (Å²) in [6.45, 7) is 13.6. The lowest BCUT2D eigenvalue weighted by Gasteiger charge is -2.39. The highest BCUT2D eigenvalue weighted by Crippen LogP contribution is 2.18. The van der Waals surface area contributed by atoms with Gasteiger partial charge in [0.2, 0.25) is 0 Å². The second kappa shape index (κ2) is 24.1. The van der Waals surface area contributed by atoms with Crippen LogP contribution in [0.25, 0.3) is 0 Å². The minimum Gasteiger partial charge on any atom is -0.748 e. The van der Waals surface area contributed by atoms with Crippen LogP contribution in [0, 0.1) is 0 Å². The van der Waals surface area contributed by atoms with Crippen LogP contribution in [0.5, 0.6) is 0 Å². The third-order valence-electron chi connectivity index (χ3n) is 6.97. The maximum atomic E-state index is 11.1. The van der Waals surface area contributed by atoms with Crippen LogP contribution in [0.3, 0.4) is 0 Å². The highest BCUT2D eigenvalue weighted by Gasteiger charge is 2.26. The van der Waals surface area contributed by atoms with Crippen molar-refractivity contribution in [2.24, 2.45) is 0 Å². The number of rotatable bonds is 28. The molecule has 0 spiro atoms. The monoisotopic (exact) mass is 521 g/mol. The molecule has 0 rings (SSSR count). The van der Waals surface area contributed by atoms with Crippen LogP contribution < -0.4 is 0 Å². The van der Waals surface area contributed by atoms with Crippen LogP contribution in [0.1, 0.15) is 124 Å². The van der Waals surface area contributed by atoms with E-state index in [9.17, 15) is 13.0 Å². The Morgan fingerprint density at radius 2 is 0.943 bits per heavy atom. The summed E-state index contributed by atoms with van der Waals surface area (Å²) in [7, 11) is -4.13. The topological polar surface area (TPSA) is 75.7 Å². The summed E-state index contributed by atoms with van der Waals surface area (Å²) >= 11 is 0. The highest BCUT2D eigenvalue weighted by molar-refractivity contribution is 7.85. The van der Waals surface area contributed by atoms with Crippen molar-refractivity contribution in [1.29, 1.82) is 0 Å². The molecule has 0 aromatic rings. The van der Waals surface area contributed by atoms with Gasteiger partial charge in [-0.3, -0.25) is 0 Å². The quantitative estimate of drug-likeness (QED) is 0.0652. The molecule has 0 atom stereocenters. The SMILES string of the molecule is CCCCCCCC[N+](CCCCCCCC)(CCCCS(=O)(=O)[O-])CCOCCOCCCC. The molecule has 0 saturated carbocycles. The maximum absolute atomic E-state index is 11.1. The number of ether oxygens (including phenoxy) is 2. The van der Waals surface area contributed by atoms with Crippen LogP contribution in [0.2, 0.25) is 0 Å². The van der Waals surface area contributed by atoms with Gasteiger partial charge in [0.25, 0.3) is 0 Å². The van der Waals surface area contributed by atoms with E-state index in [1.165, 1.54) is 77.0 Å². The zero-order valence-electron chi connectivity index (χ0n) is 23.6. The molecule has 0 heterocycles. The molecule has 0 aromatic carbocycles. The van der Waals surface area contributed by atoms with E-state index in [0.29, 0.717) is 26.2 Å². The van der Waals surface area contributed by atoms with Crippen LogP contribution in [-0.2, 0) is 19.6 Å². The molecule has 0 amide bonds. The molecule has 212 valence electrons. The van der Waals surface area contributed by atoms with Crippen molar-refractivity contribution in [1.82, 2.24) is 0 Å². The van der Waals surface area contributed by atoms with Gasteiger partial charge in [-0.1, -0.05) is 78.6 Å². The van der Waals surface area contributed by atoms with Gasteiger partial charge in [-0.15, -0.1) is 0 Å². The average Bonchev–Trinajstić information content (AvgIpc) is 2.82. The smallest absolute Gasteiger partial charge is 0.102 e. The zero-order chi connectivity index (χ0) is 26.1. The standard InChI is InChI=1S/C28H59NO5S/c1-4-7-10-12-14-16-20-29(21-17-15-13-11-8-5-2,22-18-19-28-35(30,31)32)23-25-34-27-26-33-24-9-6-3/h4-28H2,1-3H3. The molecule has 0 aliphatic heterocycles. The Kier molecular flexibility index (Phi) is 24.0. The van der Waals surface area contributed by atoms with Crippen molar-refractivity contribution >= 4 is 10.1 Å².